The molecule has 0 spiro atoms. The Morgan fingerprint density at radius 1 is 1.19 bits per heavy atom. The molecule has 0 aromatic heterocycles. The molecule has 1 aliphatic heterocycles. The van der Waals surface area contributed by atoms with E-state index >= 15 is 0 Å². The Hall–Kier alpha value is -2.33. The molecule has 0 saturated carbocycles. The normalized spacial score (nSPS) is 15.9. The molecule has 1 saturated heterocycles. The van der Waals surface area contributed by atoms with Crippen molar-refractivity contribution in [3.05, 3.63) is 18.2 Å². The van der Waals surface area contributed by atoms with Gasteiger partial charge in [-0.3, -0.25) is 13.9 Å². The van der Waals surface area contributed by atoms with Crippen LogP contribution in [0.4, 0.5) is 11.4 Å². The van der Waals surface area contributed by atoms with E-state index in [4.69, 9.17) is 4.74 Å². The van der Waals surface area contributed by atoms with Gasteiger partial charge >= 0.3 is 11.8 Å². The Morgan fingerprint density at radius 3 is 2.63 bits per heavy atom. The molecular formula is C17H26N4O5S. The lowest BCUT2D eigenvalue weighted by atomic mass is 10.2. The van der Waals surface area contributed by atoms with Crippen molar-refractivity contribution in [2.45, 2.75) is 19.3 Å². The molecule has 27 heavy (non-hydrogen) atoms. The molecule has 0 bridgehead atoms. The maximum absolute atomic E-state index is 12.4. The summed E-state index contributed by atoms with van der Waals surface area (Å²) in [5.41, 5.74) is 0.673. The lowest BCUT2D eigenvalue weighted by molar-refractivity contribution is -0.136. The highest BCUT2D eigenvalue weighted by atomic mass is 32.2. The lowest BCUT2D eigenvalue weighted by Gasteiger charge is -2.29. The second-order valence-corrected chi connectivity index (χ2v) is 8.16. The van der Waals surface area contributed by atoms with Crippen LogP contribution < -0.4 is 25.0 Å². The van der Waals surface area contributed by atoms with Crippen LogP contribution in [0.3, 0.4) is 0 Å². The summed E-state index contributed by atoms with van der Waals surface area (Å²) in [6.45, 7) is 1.46. The van der Waals surface area contributed by atoms with Crippen molar-refractivity contribution in [1.82, 2.24) is 10.6 Å². The van der Waals surface area contributed by atoms with E-state index in [-0.39, 0.29) is 5.75 Å². The molecule has 1 aromatic carbocycles. The van der Waals surface area contributed by atoms with Crippen LogP contribution in [-0.2, 0) is 19.6 Å². The highest BCUT2D eigenvalue weighted by molar-refractivity contribution is 7.92. The molecule has 0 radical (unpaired) electrons. The number of rotatable bonds is 7. The second-order valence-electron chi connectivity index (χ2n) is 6.15. The predicted molar refractivity (Wildman–Crippen MR) is 104 cm³/mol. The number of carbonyl (C=O) groups excluding carboxylic acids is 2. The van der Waals surface area contributed by atoms with Gasteiger partial charge in [0.15, 0.2) is 0 Å². The summed E-state index contributed by atoms with van der Waals surface area (Å²) in [6.07, 6.45) is 2.06. The van der Waals surface area contributed by atoms with Crippen LogP contribution in [0, 0.1) is 0 Å². The molecule has 2 amide bonds. The molecule has 0 aliphatic carbocycles. The van der Waals surface area contributed by atoms with E-state index in [1.165, 1.54) is 17.5 Å². The number of carbonyl (C=O) groups is 2. The Balaban J connectivity index is 2.12. The first-order chi connectivity index (χ1) is 12.9. The molecule has 10 heteroatoms. The van der Waals surface area contributed by atoms with Gasteiger partial charge in [0.05, 0.1) is 18.6 Å². The van der Waals surface area contributed by atoms with Crippen LogP contribution in [0.2, 0.25) is 0 Å². The number of amides is 2. The summed E-state index contributed by atoms with van der Waals surface area (Å²) in [4.78, 5) is 23.9. The van der Waals surface area contributed by atoms with Gasteiger partial charge in [-0.05, 0) is 51.1 Å². The number of hydrogen-bond donors (Lipinski definition) is 3. The van der Waals surface area contributed by atoms with Gasteiger partial charge in [-0.15, -0.1) is 0 Å². The second kappa shape index (κ2) is 9.56. The van der Waals surface area contributed by atoms with Gasteiger partial charge in [0.25, 0.3) is 0 Å². The zero-order chi connectivity index (χ0) is 19.9. The molecule has 1 aromatic rings. The fourth-order valence-corrected chi connectivity index (χ4v) is 4.40. The average molecular weight is 398 g/mol. The standard InChI is InChI=1S/C17H26N4O5S/c1-18-8-5-9-19-16(22)17(23)20-13-6-7-15(26-2)14(12-13)21-10-3-4-11-27(21,24)25/h6-7,12,18H,3-5,8-11H2,1-2H3,(H,19,22)(H,20,23). The molecule has 1 aliphatic rings. The van der Waals surface area contributed by atoms with E-state index in [1.807, 2.05) is 0 Å². The van der Waals surface area contributed by atoms with E-state index in [9.17, 15) is 18.0 Å². The summed E-state index contributed by atoms with van der Waals surface area (Å²) >= 11 is 0. The van der Waals surface area contributed by atoms with E-state index < -0.39 is 21.8 Å². The fourth-order valence-electron chi connectivity index (χ4n) is 2.76. The first kappa shape index (κ1) is 21.0. The Bertz CT molecular complexity index is 782. The number of nitrogens with one attached hydrogen (secondary N) is 3. The van der Waals surface area contributed by atoms with Crippen molar-refractivity contribution < 1.29 is 22.7 Å². The van der Waals surface area contributed by atoms with Crippen LogP contribution in [0.5, 0.6) is 5.75 Å². The number of anilines is 2. The van der Waals surface area contributed by atoms with Crippen LogP contribution in [0.25, 0.3) is 0 Å². The zero-order valence-electron chi connectivity index (χ0n) is 15.6. The molecule has 0 atom stereocenters. The quantitative estimate of drug-likeness (QED) is 0.449. The molecule has 1 fully saturated rings. The summed E-state index contributed by atoms with van der Waals surface area (Å²) in [6, 6.07) is 4.64. The molecule has 150 valence electrons. The van der Waals surface area contributed by atoms with Crippen LogP contribution >= 0.6 is 0 Å². The fraction of sp³-hybridized carbons (Fsp3) is 0.529. The van der Waals surface area contributed by atoms with Gasteiger partial charge in [-0.25, -0.2) is 8.42 Å². The summed E-state index contributed by atoms with van der Waals surface area (Å²) in [7, 11) is -0.178. The summed E-state index contributed by atoms with van der Waals surface area (Å²) < 4.78 is 31.3. The van der Waals surface area contributed by atoms with Crippen molar-refractivity contribution in [3.63, 3.8) is 0 Å². The Morgan fingerprint density at radius 2 is 1.96 bits per heavy atom. The van der Waals surface area contributed by atoms with Gasteiger partial charge < -0.3 is 20.7 Å². The van der Waals surface area contributed by atoms with E-state index in [0.29, 0.717) is 43.1 Å². The monoisotopic (exact) mass is 398 g/mol. The number of hydrogen-bond acceptors (Lipinski definition) is 6. The highest BCUT2D eigenvalue weighted by Crippen LogP contribution is 2.35. The topological polar surface area (TPSA) is 117 Å². The summed E-state index contributed by atoms with van der Waals surface area (Å²) in [5, 5.41) is 7.97. The zero-order valence-corrected chi connectivity index (χ0v) is 16.4. The smallest absolute Gasteiger partial charge is 0.313 e. The average Bonchev–Trinajstić information content (AvgIpc) is 2.64. The van der Waals surface area contributed by atoms with Gasteiger partial charge in [0, 0.05) is 18.8 Å². The minimum Gasteiger partial charge on any atom is -0.495 e. The minimum absolute atomic E-state index is 0.0712. The van der Waals surface area contributed by atoms with Crippen molar-refractivity contribution in [2.24, 2.45) is 0 Å². The van der Waals surface area contributed by atoms with E-state index in [1.54, 1.807) is 19.2 Å². The number of nitrogens with zero attached hydrogens (tertiary/aromatic N) is 1. The molecule has 1 heterocycles. The molecule has 2 rings (SSSR count). The van der Waals surface area contributed by atoms with Gasteiger partial charge in [-0.2, -0.15) is 0 Å². The van der Waals surface area contributed by atoms with Crippen molar-refractivity contribution in [2.75, 3.05) is 49.2 Å². The first-order valence-electron chi connectivity index (χ1n) is 8.81. The highest BCUT2D eigenvalue weighted by Gasteiger charge is 2.28. The van der Waals surface area contributed by atoms with Crippen LogP contribution in [0.15, 0.2) is 18.2 Å². The minimum atomic E-state index is -3.43. The number of methoxy groups -OCH3 is 1. The predicted octanol–water partition coefficient (Wildman–Crippen LogP) is 0.289. The number of benzene rings is 1. The molecule has 3 N–H and O–H groups in total. The Kier molecular flexibility index (Phi) is 7.43. The SMILES string of the molecule is CNCCCNC(=O)C(=O)Nc1ccc(OC)c(N2CCCCS2(=O)=O)c1. The Labute approximate surface area is 159 Å². The third-order valence-electron chi connectivity index (χ3n) is 4.15. The van der Waals surface area contributed by atoms with Crippen molar-refractivity contribution >= 4 is 33.2 Å². The molecular weight excluding hydrogens is 372 g/mol. The third-order valence-corrected chi connectivity index (χ3v) is 6.01. The lowest BCUT2D eigenvalue weighted by Crippen LogP contribution is -2.38. The van der Waals surface area contributed by atoms with E-state index in [2.05, 4.69) is 16.0 Å². The van der Waals surface area contributed by atoms with Gasteiger partial charge in [-0.1, -0.05) is 0 Å². The molecule has 0 unspecified atom stereocenters. The van der Waals surface area contributed by atoms with Crippen molar-refractivity contribution in [3.8, 4) is 5.75 Å². The van der Waals surface area contributed by atoms with Gasteiger partial charge in [0.2, 0.25) is 10.0 Å². The third kappa shape index (κ3) is 5.57. The van der Waals surface area contributed by atoms with Crippen molar-refractivity contribution in [1.29, 1.82) is 0 Å². The maximum Gasteiger partial charge on any atom is 0.313 e. The number of ether oxygens (including phenoxy) is 1. The van der Waals surface area contributed by atoms with E-state index in [0.717, 1.165) is 13.0 Å². The van der Waals surface area contributed by atoms with Gasteiger partial charge in [0.1, 0.15) is 5.75 Å². The first-order valence-corrected chi connectivity index (χ1v) is 10.4. The van der Waals surface area contributed by atoms with Crippen LogP contribution in [-0.4, -0.2) is 59.8 Å². The molecule has 9 nitrogen and oxygen atoms in total. The summed E-state index contributed by atoms with van der Waals surface area (Å²) in [5.74, 6) is -1.09. The number of sulfonamides is 1. The largest absolute Gasteiger partial charge is 0.495 e. The maximum atomic E-state index is 12.4. The van der Waals surface area contributed by atoms with Crippen LogP contribution in [0.1, 0.15) is 19.3 Å².